The van der Waals surface area contributed by atoms with Crippen molar-refractivity contribution in [3.05, 3.63) is 46.8 Å². The van der Waals surface area contributed by atoms with Crippen molar-refractivity contribution < 1.29 is 9.53 Å². The maximum Gasteiger partial charge on any atom is 0.267 e. The molecule has 1 aliphatic carbocycles. The van der Waals surface area contributed by atoms with E-state index in [9.17, 15) is 9.59 Å². The van der Waals surface area contributed by atoms with Gasteiger partial charge in [0.2, 0.25) is 5.91 Å². The molecular formula is C22H29N3O3. The van der Waals surface area contributed by atoms with E-state index in [1.165, 1.54) is 17.2 Å². The number of rotatable bonds is 6. The molecule has 1 heterocycles. The minimum atomic E-state index is -0.663. The summed E-state index contributed by atoms with van der Waals surface area (Å²) in [5.74, 6) is 1.09. The molecule has 3 unspecified atom stereocenters. The van der Waals surface area contributed by atoms with Gasteiger partial charge in [-0.25, -0.2) is 4.68 Å². The standard InChI is InChI=1S/C22H29N3O3/c1-4-28-18-11-9-17(10-12-18)20-13-14-21(26)25(24-20)16(3)22(27)23-19-8-6-5-7-15(19)2/h9-16,19H,4-8H2,1-3H3,(H,23,27). The molecule has 0 bridgehead atoms. The van der Waals surface area contributed by atoms with Gasteiger partial charge in [0.25, 0.3) is 5.56 Å². The van der Waals surface area contributed by atoms with Crippen LogP contribution in [-0.4, -0.2) is 28.3 Å². The molecule has 28 heavy (non-hydrogen) atoms. The molecule has 0 spiro atoms. The van der Waals surface area contributed by atoms with Gasteiger partial charge in [-0.1, -0.05) is 19.8 Å². The maximum absolute atomic E-state index is 12.7. The molecule has 1 aromatic heterocycles. The van der Waals surface area contributed by atoms with Gasteiger partial charge in [-0.3, -0.25) is 9.59 Å². The molecule has 1 aliphatic rings. The Balaban J connectivity index is 1.78. The van der Waals surface area contributed by atoms with Crippen LogP contribution in [0.4, 0.5) is 0 Å². The van der Waals surface area contributed by atoms with E-state index in [4.69, 9.17) is 4.74 Å². The average Bonchev–Trinajstić information content (AvgIpc) is 2.70. The summed E-state index contributed by atoms with van der Waals surface area (Å²) in [6.07, 6.45) is 4.47. The molecule has 1 fully saturated rings. The average molecular weight is 383 g/mol. The lowest BCUT2D eigenvalue weighted by Gasteiger charge is -2.30. The van der Waals surface area contributed by atoms with Crippen LogP contribution in [0.3, 0.4) is 0 Å². The smallest absolute Gasteiger partial charge is 0.267 e. The molecule has 6 heteroatoms. The molecule has 1 amide bonds. The van der Waals surface area contributed by atoms with Crippen molar-refractivity contribution in [2.45, 2.75) is 58.5 Å². The molecule has 3 atom stereocenters. The third kappa shape index (κ3) is 4.61. The Kier molecular flexibility index (Phi) is 6.49. The van der Waals surface area contributed by atoms with Crippen LogP contribution in [0.5, 0.6) is 5.75 Å². The van der Waals surface area contributed by atoms with Gasteiger partial charge in [0.15, 0.2) is 0 Å². The fourth-order valence-corrected chi connectivity index (χ4v) is 3.69. The first-order valence-corrected chi connectivity index (χ1v) is 10.1. The zero-order valence-electron chi connectivity index (χ0n) is 16.9. The van der Waals surface area contributed by atoms with E-state index in [2.05, 4.69) is 17.3 Å². The van der Waals surface area contributed by atoms with E-state index in [1.807, 2.05) is 31.2 Å². The van der Waals surface area contributed by atoms with Gasteiger partial charge in [-0.15, -0.1) is 0 Å². The van der Waals surface area contributed by atoms with E-state index < -0.39 is 6.04 Å². The van der Waals surface area contributed by atoms with Crippen molar-refractivity contribution in [3.63, 3.8) is 0 Å². The first kappa shape index (κ1) is 20.1. The normalized spacial score (nSPS) is 20.4. The number of aromatic nitrogens is 2. The maximum atomic E-state index is 12.7. The molecule has 0 saturated heterocycles. The second-order valence-electron chi connectivity index (χ2n) is 7.51. The van der Waals surface area contributed by atoms with Gasteiger partial charge >= 0.3 is 0 Å². The highest BCUT2D eigenvalue weighted by Gasteiger charge is 2.26. The molecular weight excluding hydrogens is 354 g/mol. The summed E-state index contributed by atoms with van der Waals surface area (Å²) in [5.41, 5.74) is 1.23. The van der Waals surface area contributed by atoms with Crippen LogP contribution in [0.25, 0.3) is 11.3 Å². The quantitative estimate of drug-likeness (QED) is 0.828. The van der Waals surface area contributed by atoms with Gasteiger partial charge in [0.05, 0.1) is 12.3 Å². The van der Waals surface area contributed by atoms with Crippen LogP contribution < -0.4 is 15.6 Å². The number of ether oxygens (including phenoxy) is 1. The number of hydrogen-bond donors (Lipinski definition) is 1. The van der Waals surface area contributed by atoms with E-state index >= 15 is 0 Å². The van der Waals surface area contributed by atoms with Crippen molar-refractivity contribution in [3.8, 4) is 17.0 Å². The second-order valence-corrected chi connectivity index (χ2v) is 7.51. The molecule has 1 saturated carbocycles. The lowest BCUT2D eigenvalue weighted by atomic mass is 9.86. The Bertz CT molecular complexity index is 860. The number of amides is 1. The first-order chi connectivity index (χ1) is 13.5. The predicted molar refractivity (Wildman–Crippen MR) is 109 cm³/mol. The molecule has 150 valence electrons. The number of carbonyl (C=O) groups is 1. The number of nitrogens with zero attached hydrogens (tertiary/aromatic N) is 2. The fourth-order valence-electron chi connectivity index (χ4n) is 3.69. The molecule has 1 aromatic carbocycles. The number of carbonyl (C=O) groups excluding carboxylic acids is 1. The van der Waals surface area contributed by atoms with Gasteiger partial charge in [-0.05, 0) is 62.9 Å². The summed E-state index contributed by atoms with van der Waals surface area (Å²) in [6, 6.07) is 10.2. The third-order valence-electron chi connectivity index (χ3n) is 5.47. The highest BCUT2D eigenvalue weighted by atomic mass is 16.5. The van der Waals surface area contributed by atoms with E-state index in [-0.39, 0.29) is 17.5 Å². The zero-order chi connectivity index (χ0) is 20.1. The van der Waals surface area contributed by atoms with Crippen LogP contribution in [0.2, 0.25) is 0 Å². The Morgan fingerprint density at radius 2 is 1.93 bits per heavy atom. The van der Waals surface area contributed by atoms with Crippen molar-refractivity contribution >= 4 is 5.91 Å². The van der Waals surface area contributed by atoms with Crippen molar-refractivity contribution in [2.75, 3.05) is 6.61 Å². The summed E-state index contributed by atoms with van der Waals surface area (Å²) in [6.45, 7) is 6.44. The topological polar surface area (TPSA) is 73.2 Å². The second kappa shape index (κ2) is 9.04. The number of hydrogen-bond acceptors (Lipinski definition) is 4. The predicted octanol–water partition coefficient (Wildman–Crippen LogP) is 3.56. The zero-order valence-corrected chi connectivity index (χ0v) is 16.9. The van der Waals surface area contributed by atoms with Crippen LogP contribution in [0.1, 0.15) is 52.5 Å². The van der Waals surface area contributed by atoms with Gasteiger partial charge in [-0.2, -0.15) is 5.10 Å². The lowest BCUT2D eigenvalue weighted by molar-refractivity contribution is -0.125. The number of nitrogens with one attached hydrogen (secondary N) is 1. The largest absolute Gasteiger partial charge is 0.494 e. The Morgan fingerprint density at radius 1 is 1.21 bits per heavy atom. The lowest BCUT2D eigenvalue weighted by Crippen LogP contribution is -2.45. The highest BCUT2D eigenvalue weighted by Crippen LogP contribution is 2.24. The molecule has 6 nitrogen and oxygen atoms in total. The monoisotopic (exact) mass is 383 g/mol. The SMILES string of the molecule is CCOc1ccc(-c2ccc(=O)n(C(C)C(=O)NC3CCCCC3C)n2)cc1. The Labute approximate surface area is 165 Å². The highest BCUT2D eigenvalue weighted by molar-refractivity contribution is 5.80. The van der Waals surface area contributed by atoms with Gasteiger partial charge < -0.3 is 10.1 Å². The van der Waals surface area contributed by atoms with Crippen molar-refractivity contribution in [1.29, 1.82) is 0 Å². The van der Waals surface area contributed by atoms with Gasteiger partial charge in [0.1, 0.15) is 11.8 Å². The summed E-state index contributed by atoms with van der Waals surface area (Å²) >= 11 is 0. The van der Waals surface area contributed by atoms with Crippen LogP contribution >= 0.6 is 0 Å². The van der Waals surface area contributed by atoms with Crippen LogP contribution in [-0.2, 0) is 4.79 Å². The minimum absolute atomic E-state index is 0.155. The Morgan fingerprint density at radius 3 is 2.61 bits per heavy atom. The molecule has 1 N–H and O–H groups in total. The Hall–Kier alpha value is -2.63. The van der Waals surface area contributed by atoms with E-state index in [0.717, 1.165) is 30.6 Å². The van der Waals surface area contributed by atoms with Gasteiger partial charge in [0, 0.05) is 17.7 Å². The molecule has 2 aromatic rings. The third-order valence-corrected chi connectivity index (χ3v) is 5.47. The summed E-state index contributed by atoms with van der Waals surface area (Å²) in [4.78, 5) is 25.1. The molecule has 0 radical (unpaired) electrons. The van der Waals surface area contributed by atoms with Crippen molar-refractivity contribution in [2.24, 2.45) is 5.92 Å². The summed E-state index contributed by atoms with van der Waals surface area (Å²) in [5, 5.41) is 7.57. The van der Waals surface area contributed by atoms with E-state index in [1.54, 1.807) is 13.0 Å². The summed E-state index contributed by atoms with van der Waals surface area (Å²) in [7, 11) is 0. The van der Waals surface area contributed by atoms with Crippen LogP contribution in [0.15, 0.2) is 41.2 Å². The summed E-state index contributed by atoms with van der Waals surface area (Å²) < 4.78 is 6.73. The molecule has 3 rings (SSSR count). The van der Waals surface area contributed by atoms with Crippen LogP contribution in [0, 0.1) is 5.92 Å². The minimum Gasteiger partial charge on any atom is -0.494 e. The fraction of sp³-hybridized carbons (Fsp3) is 0.500. The number of benzene rings is 1. The first-order valence-electron chi connectivity index (χ1n) is 10.1. The van der Waals surface area contributed by atoms with Crippen molar-refractivity contribution in [1.82, 2.24) is 15.1 Å². The molecule has 0 aliphatic heterocycles. The van der Waals surface area contributed by atoms with E-state index in [0.29, 0.717) is 18.2 Å².